The van der Waals surface area contributed by atoms with Gasteiger partial charge in [0.25, 0.3) is 0 Å². The molecule has 39 valence electrons. The normalized spacial score (nSPS) is 21.3. The van der Waals surface area contributed by atoms with Crippen molar-refractivity contribution < 1.29 is 4.79 Å². The molecule has 2 nitrogen and oxygen atoms in total. The van der Waals surface area contributed by atoms with E-state index in [2.05, 4.69) is 12.8 Å². The second-order valence-corrected chi connectivity index (χ2v) is 2.04. The van der Waals surface area contributed by atoms with Crippen LogP contribution in [0.2, 0.25) is 0 Å². The van der Waals surface area contributed by atoms with E-state index in [1.165, 1.54) is 4.31 Å². The maximum absolute atomic E-state index is 10.4. The first-order chi connectivity index (χ1) is 3.30. The Morgan fingerprint density at radius 2 is 2.43 bits per heavy atom. The van der Waals surface area contributed by atoms with Gasteiger partial charge in [-0.15, -0.1) is 0 Å². The molecule has 7 heavy (non-hydrogen) atoms. The summed E-state index contributed by atoms with van der Waals surface area (Å²) in [7, 11) is 0. The van der Waals surface area contributed by atoms with E-state index in [1.807, 2.05) is 0 Å². The lowest BCUT2D eigenvalue weighted by Gasteiger charge is -1.99. The summed E-state index contributed by atoms with van der Waals surface area (Å²) in [5.41, 5.74) is 0. The third kappa shape index (κ3) is 0.881. The van der Waals surface area contributed by atoms with Gasteiger partial charge in [-0.2, -0.15) is 0 Å². The molecule has 0 atom stereocenters. The van der Waals surface area contributed by atoms with Crippen LogP contribution in [0, 0.1) is 0 Å². The van der Waals surface area contributed by atoms with Gasteiger partial charge in [-0.1, -0.05) is 0 Å². The van der Waals surface area contributed by atoms with Crippen molar-refractivity contribution in [1.29, 1.82) is 0 Å². The molecule has 0 aromatic carbocycles. The number of hydrogen-bond donors (Lipinski definition) is 0. The minimum atomic E-state index is 0.106. The average Bonchev–Trinajstić information content (AvgIpc) is 1.91. The largest absolute Gasteiger partial charge is 0.276 e. The van der Waals surface area contributed by atoms with Crippen molar-refractivity contribution in [2.24, 2.45) is 0 Å². The highest BCUT2D eigenvalue weighted by Crippen LogP contribution is 2.10. The van der Waals surface area contributed by atoms with Crippen LogP contribution < -0.4 is 0 Å². The molecule has 0 spiro atoms. The lowest BCUT2D eigenvalue weighted by molar-refractivity contribution is -0.123. The number of amides is 1. The Bertz CT molecular complexity index is 93.7. The minimum absolute atomic E-state index is 0.106. The van der Waals surface area contributed by atoms with Crippen molar-refractivity contribution in [2.75, 3.05) is 6.54 Å². The highest BCUT2D eigenvalue weighted by molar-refractivity contribution is 7.78. The first-order valence-corrected chi connectivity index (χ1v) is 2.65. The highest BCUT2D eigenvalue weighted by atomic mass is 32.1. The van der Waals surface area contributed by atoms with Gasteiger partial charge in [0.2, 0.25) is 5.91 Å². The van der Waals surface area contributed by atoms with Crippen molar-refractivity contribution in [2.45, 2.75) is 12.8 Å². The molecule has 3 heteroatoms. The van der Waals surface area contributed by atoms with Gasteiger partial charge in [0.15, 0.2) is 0 Å². The molecule has 1 fully saturated rings. The van der Waals surface area contributed by atoms with E-state index in [0.29, 0.717) is 6.42 Å². The summed E-state index contributed by atoms with van der Waals surface area (Å²) in [6, 6.07) is 0. The van der Waals surface area contributed by atoms with Crippen LogP contribution in [0.5, 0.6) is 0 Å². The predicted octanol–water partition coefficient (Wildman–Crippen LogP) is 0.721. The summed E-state index contributed by atoms with van der Waals surface area (Å²) in [6.07, 6.45) is 1.60. The number of rotatable bonds is 0. The zero-order valence-electron chi connectivity index (χ0n) is 3.89. The van der Waals surface area contributed by atoms with E-state index in [9.17, 15) is 4.79 Å². The molecule has 0 aromatic rings. The number of hydrogen-bond acceptors (Lipinski definition) is 1. The molecule has 1 rings (SSSR count). The predicted molar refractivity (Wildman–Crippen MR) is 28.5 cm³/mol. The molecule has 0 aromatic heterocycles. The van der Waals surface area contributed by atoms with Crippen molar-refractivity contribution >= 4 is 18.7 Å². The van der Waals surface area contributed by atoms with Crippen LogP contribution in [0.4, 0.5) is 0 Å². The third-order valence-electron chi connectivity index (χ3n) is 1.03. The quantitative estimate of drug-likeness (QED) is 0.456. The fourth-order valence-corrected chi connectivity index (χ4v) is 0.844. The van der Waals surface area contributed by atoms with E-state index >= 15 is 0 Å². The summed E-state index contributed by atoms with van der Waals surface area (Å²) in [5.74, 6) is 0.106. The number of nitrogens with zero attached hydrogens (tertiary/aromatic N) is 1. The minimum Gasteiger partial charge on any atom is -0.276 e. The molecule has 1 heterocycles. The molecule has 1 radical (unpaired) electrons. The van der Waals surface area contributed by atoms with Gasteiger partial charge in [0.05, 0.1) is 0 Å². The van der Waals surface area contributed by atoms with Crippen LogP contribution in [0.3, 0.4) is 0 Å². The van der Waals surface area contributed by atoms with Crippen molar-refractivity contribution in [3.05, 3.63) is 0 Å². The van der Waals surface area contributed by atoms with Crippen LogP contribution in [-0.2, 0) is 4.79 Å². The van der Waals surface area contributed by atoms with Crippen molar-refractivity contribution in [3.63, 3.8) is 0 Å². The maximum Gasteiger partial charge on any atom is 0.233 e. The zero-order valence-corrected chi connectivity index (χ0v) is 4.70. The van der Waals surface area contributed by atoms with E-state index in [-0.39, 0.29) is 5.91 Å². The second kappa shape index (κ2) is 1.74. The van der Waals surface area contributed by atoms with Crippen LogP contribution in [0.25, 0.3) is 0 Å². The smallest absolute Gasteiger partial charge is 0.233 e. The lowest BCUT2D eigenvalue weighted by atomic mass is 10.4. The van der Waals surface area contributed by atoms with Gasteiger partial charge in [-0.3, -0.25) is 9.10 Å². The van der Waals surface area contributed by atoms with Crippen LogP contribution in [0.15, 0.2) is 0 Å². The van der Waals surface area contributed by atoms with E-state index in [0.717, 1.165) is 13.0 Å². The Morgan fingerprint density at radius 1 is 1.71 bits per heavy atom. The highest BCUT2D eigenvalue weighted by Gasteiger charge is 2.16. The number of carbonyl (C=O) groups is 1. The fraction of sp³-hybridized carbons (Fsp3) is 0.750. The summed E-state index contributed by atoms with van der Waals surface area (Å²) in [6.45, 7) is 0.772. The number of carbonyl (C=O) groups excluding carboxylic acids is 1. The van der Waals surface area contributed by atoms with E-state index in [1.54, 1.807) is 0 Å². The molecule has 0 saturated carbocycles. The summed E-state index contributed by atoms with van der Waals surface area (Å²) >= 11 is 4.61. The monoisotopic (exact) mass is 116 g/mol. The molecule has 0 bridgehead atoms. The van der Waals surface area contributed by atoms with E-state index in [4.69, 9.17) is 0 Å². The van der Waals surface area contributed by atoms with Crippen LogP contribution in [-0.4, -0.2) is 16.8 Å². The van der Waals surface area contributed by atoms with E-state index < -0.39 is 0 Å². The maximum atomic E-state index is 10.4. The first-order valence-electron chi connectivity index (χ1n) is 2.28. The molecular formula is C4H6NOS. The Morgan fingerprint density at radius 3 is 2.57 bits per heavy atom. The topological polar surface area (TPSA) is 20.3 Å². The fourth-order valence-electron chi connectivity index (χ4n) is 0.623. The SMILES string of the molecule is O=C1CCCN1[S]. The molecular weight excluding hydrogens is 110 g/mol. The first kappa shape index (κ1) is 4.97. The molecule has 1 aliphatic heterocycles. The van der Waals surface area contributed by atoms with Gasteiger partial charge in [0.1, 0.15) is 0 Å². The zero-order chi connectivity index (χ0) is 5.28. The third-order valence-corrected chi connectivity index (χ3v) is 1.42. The van der Waals surface area contributed by atoms with Crippen molar-refractivity contribution in [3.8, 4) is 0 Å². The van der Waals surface area contributed by atoms with Gasteiger partial charge in [-0.05, 0) is 6.42 Å². The lowest BCUT2D eigenvalue weighted by Crippen LogP contribution is -2.11. The molecule has 0 aliphatic carbocycles. The Kier molecular flexibility index (Phi) is 1.23. The van der Waals surface area contributed by atoms with Gasteiger partial charge in [0, 0.05) is 25.8 Å². The molecule has 1 amide bonds. The van der Waals surface area contributed by atoms with Crippen molar-refractivity contribution in [1.82, 2.24) is 4.31 Å². The Balaban J connectivity index is 2.48. The van der Waals surface area contributed by atoms with Gasteiger partial charge < -0.3 is 0 Å². The van der Waals surface area contributed by atoms with Crippen LogP contribution in [0.1, 0.15) is 12.8 Å². The Hall–Kier alpha value is -0.180. The van der Waals surface area contributed by atoms with Gasteiger partial charge >= 0.3 is 0 Å². The summed E-state index contributed by atoms with van der Waals surface area (Å²) in [4.78, 5) is 10.4. The molecule has 0 N–H and O–H groups in total. The second-order valence-electron chi connectivity index (χ2n) is 1.60. The summed E-state index contributed by atoms with van der Waals surface area (Å²) in [5, 5.41) is 0. The standard InChI is InChI=1S/C4H6NOS/c6-4-2-1-3-5(4)7/h1-3H2. The molecule has 1 saturated heterocycles. The molecule has 1 aliphatic rings. The van der Waals surface area contributed by atoms with Crippen LogP contribution >= 0.6 is 12.8 Å². The van der Waals surface area contributed by atoms with Gasteiger partial charge in [-0.25, -0.2) is 0 Å². The Labute approximate surface area is 48.0 Å². The summed E-state index contributed by atoms with van der Waals surface area (Å²) < 4.78 is 1.35. The molecule has 0 unspecified atom stereocenters. The average molecular weight is 116 g/mol.